The number of nitrogen functional groups attached to an aromatic ring is 1. The van der Waals surface area contributed by atoms with E-state index in [-0.39, 0.29) is 5.82 Å². The van der Waals surface area contributed by atoms with Crippen LogP contribution in [0, 0.1) is 0 Å². The molecule has 2 aromatic rings. The first-order chi connectivity index (χ1) is 9.88. The fraction of sp³-hybridized carbons (Fsp3) is 0.231. The average Bonchev–Trinajstić information content (AvgIpc) is 2.40. The van der Waals surface area contributed by atoms with Crippen LogP contribution in [0.4, 0.5) is 30.6 Å². The fourth-order valence-corrected chi connectivity index (χ4v) is 1.62. The van der Waals surface area contributed by atoms with Gasteiger partial charge < -0.3 is 15.8 Å². The first kappa shape index (κ1) is 14.9. The normalized spacial score (nSPS) is 11.2. The molecule has 5 nitrogen and oxygen atoms in total. The van der Waals surface area contributed by atoms with Gasteiger partial charge in [-0.15, -0.1) is 0 Å². The molecule has 112 valence electrons. The summed E-state index contributed by atoms with van der Waals surface area (Å²) in [7, 11) is 0. The van der Waals surface area contributed by atoms with Crippen LogP contribution in [0.3, 0.4) is 0 Å². The van der Waals surface area contributed by atoms with Gasteiger partial charge in [0.2, 0.25) is 5.95 Å². The third-order valence-corrected chi connectivity index (χ3v) is 2.47. The number of ether oxygens (including phenoxy) is 1. The lowest BCUT2D eigenvalue weighted by molar-refractivity contribution is -0.141. The SMILES string of the molecule is CCOc1ccc(Nc2cc(C(F)(F)F)nc(N)n2)cc1. The van der Waals surface area contributed by atoms with E-state index in [0.717, 1.165) is 6.07 Å². The van der Waals surface area contributed by atoms with E-state index in [4.69, 9.17) is 10.5 Å². The van der Waals surface area contributed by atoms with E-state index < -0.39 is 17.8 Å². The first-order valence-electron chi connectivity index (χ1n) is 6.10. The Morgan fingerprint density at radius 3 is 2.43 bits per heavy atom. The monoisotopic (exact) mass is 298 g/mol. The topological polar surface area (TPSA) is 73.1 Å². The standard InChI is InChI=1S/C13H13F3N4O/c1-2-21-9-5-3-8(4-6-9)18-11-7-10(13(14,15)16)19-12(17)20-11/h3-7H,2H2,1H3,(H3,17,18,19,20). The minimum absolute atomic E-state index is 0.0287. The zero-order chi connectivity index (χ0) is 15.5. The van der Waals surface area contributed by atoms with E-state index in [1.165, 1.54) is 0 Å². The van der Waals surface area contributed by atoms with Crippen molar-refractivity contribution in [2.75, 3.05) is 17.7 Å². The minimum Gasteiger partial charge on any atom is -0.494 e. The lowest BCUT2D eigenvalue weighted by atomic mass is 10.3. The number of aromatic nitrogens is 2. The lowest BCUT2D eigenvalue weighted by Gasteiger charge is -2.10. The minimum atomic E-state index is -4.58. The van der Waals surface area contributed by atoms with Crippen LogP contribution in [0.25, 0.3) is 0 Å². The zero-order valence-corrected chi connectivity index (χ0v) is 11.1. The number of nitrogens with one attached hydrogen (secondary N) is 1. The molecule has 3 N–H and O–H groups in total. The number of nitrogens with zero attached hydrogens (tertiary/aromatic N) is 2. The van der Waals surface area contributed by atoms with Crippen LogP contribution >= 0.6 is 0 Å². The van der Waals surface area contributed by atoms with Gasteiger partial charge in [0, 0.05) is 11.8 Å². The molecular weight excluding hydrogens is 285 g/mol. The molecule has 0 aliphatic rings. The second-order valence-corrected chi connectivity index (χ2v) is 4.08. The average molecular weight is 298 g/mol. The number of hydrogen-bond acceptors (Lipinski definition) is 5. The molecule has 0 fully saturated rings. The molecular formula is C13H13F3N4O. The Bertz CT molecular complexity index is 614. The van der Waals surface area contributed by atoms with Crippen molar-refractivity contribution >= 4 is 17.5 Å². The number of rotatable bonds is 4. The summed E-state index contributed by atoms with van der Waals surface area (Å²) in [6, 6.07) is 7.52. The Morgan fingerprint density at radius 1 is 1.19 bits per heavy atom. The van der Waals surface area contributed by atoms with Crippen LogP contribution in [-0.2, 0) is 6.18 Å². The molecule has 0 saturated heterocycles. The van der Waals surface area contributed by atoms with Crippen molar-refractivity contribution in [3.8, 4) is 5.75 Å². The van der Waals surface area contributed by atoms with Crippen molar-refractivity contribution in [2.45, 2.75) is 13.1 Å². The number of hydrogen-bond donors (Lipinski definition) is 2. The van der Waals surface area contributed by atoms with Crippen molar-refractivity contribution in [1.29, 1.82) is 0 Å². The van der Waals surface area contributed by atoms with E-state index in [2.05, 4.69) is 15.3 Å². The van der Waals surface area contributed by atoms with Gasteiger partial charge in [0.1, 0.15) is 11.6 Å². The molecule has 0 atom stereocenters. The predicted octanol–water partition coefficient (Wildman–Crippen LogP) is 3.22. The number of anilines is 3. The van der Waals surface area contributed by atoms with Gasteiger partial charge in [-0.2, -0.15) is 18.2 Å². The van der Waals surface area contributed by atoms with Gasteiger partial charge in [0.15, 0.2) is 5.69 Å². The third-order valence-electron chi connectivity index (χ3n) is 2.47. The largest absolute Gasteiger partial charge is 0.494 e. The number of alkyl halides is 3. The quantitative estimate of drug-likeness (QED) is 0.906. The highest BCUT2D eigenvalue weighted by Gasteiger charge is 2.33. The van der Waals surface area contributed by atoms with Crippen molar-refractivity contribution in [2.24, 2.45) is 0 Å². The summed E-state index contributed by atoms with van der Waals surface area (Å²) in [5.74, 6) is 0.193. The van der Waals surface area contributed by atoms with Crippen LogP contribution < -0.4 is 15.8 Å². The highest BCUT2D eigenvalue weighted by molar-refractivity contribution is 5.58. The summed E-state index contributed by atoms with van der Waals surface area (Å²) in [6.07, 6.45) is -4.58. The maximum Gasteiger partial charge on any atom is 0.433 e. The lowest BCUT2D eigenvalue weighted by Crippen LogP contribution is -2.12. The van der Waals surface area contributed by atoms with Crippen molar-refractivity contribution in [3.05, 3.63) is 36.0 Å². The van der Waals surface area contributed by atoms with E-state index in [1.807, 2.05) is 6.92 Å². The first-order valence-corrected chi connectivity index (χ1v) is 6.10. The molecule has 1 aromatic carbocycles. The third kappa shape index (κ3) is 3.98. The maximum atomic E-state index is 12.6. The van der Waals surface area contributed by atoms with Gasteiger partial charge in [-0.25, -0.2) is 4.98 Å². The van der Waals surface area contributed by atoms with Crippen LogP contribution in [-0.4, -0.2) is 16.6 Å². The van der Waals surface area contributed by atoms with Gasteiger partial charge in [-0.05, 0) is 31.2 Å². The summed E-state index contributed by atoms with van der Waals surface area (Å²) >= 11 is 0. The number of nitrogens with two attached hydrogens (primary N) is 1. The Morgan fingerprint density at radius 2 is 1.86 bits per heavy atom. The van der Waals surface area contributed by atoms with Crippen molar-refractivity contribution in [3.63, 3.8) is 0 Å². The van der Waals surface area contributed by atoms with Gasteiger partial charge in [0.05, 0.1) is 6.61 Å². The molecule has 0 unspecified atom stereocenters. The second kappa shape index (κ2) is 5.86. The summed E-state index contributed by atoms with van der Waals surface area (Å²) in [4.78, 5) is 6.89. The molecule has 0 aliphatic carbocycles. The molecule has 1 aromatic heterocycles. The van der Waals surface area contributed by atoms with Crippen LogP contribution in [0.15, 0.2) is 30.3 Å². The molecule has 0 bridgehead atoms. The summed E-state index contributed by atoms with van der Waals surface area (Å²) < 4.78 is 43.2. The van der Waals surface area contributed by atoms with Gasteiger partial charge in [-0.1, -0.05) is 0 Å². The molecule has 0 saturated carbocycles. The molecule has 2 rings (SSSR count). The van der Waals surface area contributed by atoms with Crippen molar-refractivity contribution in [1.82, 2.24) is 9.97 Å². The highest BCUT2D eigenvalue weighted by Crippen LogP contribution is 2.30. The molecule has 0 spiro atoms. The maximum absolute atomic E-state index is 12.6. The highest BCUT2D eigenvalue weighted by atomic mass is 19.4. The molecule has 8 heteroatoms. The molecule has 0 radical (unpaired) electrons. The summed E-state index contributed by atoms with van der Waals surface area (Å²) in [5, 5.41) is 2.74. The van der Waals surface area contributed by atoms with E-state index in [0.29, 0.717) is 18.0 Å². The van der Waals surface area contributed by atoms with E-state index >= 15 is 0 Å². The Balaban J connectivity index is 2.21. The fourth-order valence-electron chi connectivity index (χ4n) is 1.62. The molecule has 21 heavy (non-hydrogen) atoms. The molecule has 0 amide bonds. The van der Waals surface area contributed by atoms with Crippen LogP contribution in [0.1, 0.15) is 12.6 Å². The number of benzene rings is 1. The Labute approximate surface area is 119 Å². The Kier molecular flexibility index (Phi) is 4.15. The summed E-state index contributed by atoms with van der Waals surface area (Å²) in [5.41, 5.74) is 4.76. The smallest absolute Gasteiger partial charge is 0.433 e. The van der Waals surface area contributed by atoms with Gasteiger partial charge >= 0.3 is 6.18 Å². The van der Waals surface area contributed by atoms with Gasteiger partial charge in [-0.3, -0.25) is 0 Å². The molecule has 1 heterocycles. The molecule has 0 aliphatic heterocycles. The predicted molar refractivity (Wildman–Crippen MR) is 72.3 cm³/mol. The van der Waals surface area contributed by atoms with Gasteiger partial charge in [0.25, 0.3) is 0 Å². The van der Waals surface area contributed by atoms with E-state index in [1.54, 1.807) is 24.3 Å². The van der Waals surface area contributed by atoms with E-state index in [9.17, 15) is 13.2 Å². The van der Waals surface area contributed by atoms with Crippen molar-refractivity contribution < 1.29 is 17.9 Å². The zero-order valence-electron chi connectivity index (χ0n) is 11.1. The number of halogens is 3. The Hall–Kier alpha value is -2.51. The van der Waals surface area contributed by atoms with Crippen LogP contribution in [0.5, 0.6) is 5.75 Å². The second-order valence-electron chi connectivity index (χ2n) is 4.08. The van der Waals surface area contributed by atoms with Crippen LogP contribution in [0.2, 0.25) is 0 Å². The summed E-state index contributed by atoms with van der Waals surface area (Å²) in [6.45, 7) is 2.39.